The van der Waals surface area contributed by atoms with Gasteiger partial charge in [-0.2, -0.15) is 4.31 Å². The summed E-state index contributed by atoms with van der Waals surface area (Å²) in [5, 5.41) is 3.01. The van der Waals surface area contributed by atoms with Gasteiger partial charge in [-0.25, -0.2) is 8.42 Å². The zero-order chi connectivity index (χ0) is 23.4. The van der Waals surface area contributed by atoms with E-state index in [4.69, 9.17) is 4.74 Å². The number of sulfonamides is 1. The van der Waals surface area contributed by atoms with Crippen LogP contribution in [0.3, 0.4) is 0 Å². The molecular weight excluding hydrogens is 438 g/mol. The first-order valence-electron chi connectivity index (χ1n) is 11.7. The predicted octanol–water partition coefficient (Wildman–Crippen LogP) is 3.50. The van der Waals surface area contributed by atoms with Crippen molar-refractivity contribution >= 4 is 21.6 Å². The first-order valence-corrected chi connectivity index (χ1v) is 13.1. The lowest BCUT2D eigenvalue weighted by atomic mass is 10.1. The van der Waals surface area contributed by atoms with E-state index in [9.17, 15) is 13.2 Å². The van der Waals surface area contributed by atoms with Crippen molar-refractivity contribution in [3.63, 3.8) is 0 Å². The zero-order valence-electron chi connectivity index (χ0n) is 19.4. The van der Waals surface area contributed by atoms with E-state index >= 15 is 0 Å². The minimum atomic E-state index is -3.61. The summed E-state index contributed by atoms with van der Waals surface area (Å²) in [5.41, 5.74) is 3.15. The Bertz CT molecular complexity index is 1070. The quantitative estimate of drug-likeness (QED) is 0.698. The van der Waals surface area contributed by atoms with Gasteiger partial charge in [-0.05, 0) is 62.1 Å². The molecule has 0 bridgehead atoms. The first-order chi connectivity index (χ1) is 15.9. The van der Waals surface area contributed by atoms with Crippen LogP contribution < -0.4 is 10.2 Å². The number of carbonyl (C=O) groups excluding carboxylic acids is 1. The van der Waals surface area contributed by atoms with E-state index in [1.807, 2.05) is 19.1 Å². The van der Waals surface area contributed by atoms with Crippen molar-refractivity contribution in [1.82, 2.24) is 9.62 Å². The third-order valence-corrected chi connectivity index (χ3v) is 8.54. The summed E-state index contributed by atoms with van der Waals surface area (Å²) in [7, 11) is -3.61. The minimum absolute atomic E-state index is 0.209. The molecular formula is C25H33N3O4S. The van der Waals surface area contributed by atoms with Crippen LogP contribution in [0, 0.1) is 6.92 Å². The van der Waals surface area contributed by atoms with Gasteiger partial charge in [0.1, 0.15) is 0 Å². The molecule has 33 heavy (non-hydrogen) atoms. The zero-order valence-corrected chi connectivity index (χ0v) is 20.2. The minimum Gasteiger partial charge on any atom is -0.378 e. The standard InChI is InChI=1S/C25H33N3O4S/c1-19-6-7-22(18-24(19)33(30,31)28-12-4-3-5-13-28)25(29)26-20(2)21-8-10-23(11-9-21)27-14-16-32-17-15-27/h6-11,18,20H,3-5,12-17H2,1-2H3,(H,26,29). The van der Waals surface area contributed by atoms with Gasteiger partial charge in [-0.15, -0.1) is 0 Å². The van der Waals surface area contributed by atoms with Gasteiger partial charge < -0.3 is 15.0 Å². The van der Waals surface area contributed by atoms with Crippen LogP contribution in [0.1, 0.15) is 53.7 Å². The lowest BCUT2D eigenvalue weighted by Crippen LogP contribution is -2.36. The summed E-state index contributed by atoms with van der Waals surface area (Å²) in [6.45, 7) is 8.01. The topological polar surface area (TPSA) is 79.0 Å². The number of piperidine rings is 1. The van der Waals surface area contributed by atoms with Crippen LogP contribution in [0.2, 0.25) is 0 Å². The third-order valence-electron chi connectivity index (χ3n) is 6.50. The fourth-order valence-electron chi connectivity index (χ4n) is 4.42. The average molecular weight is 472 g/mol. The molecule has 7 nitrogen and oxygen atoms in total. The Hall–Kier alpha value is -2.42. The van der Waals surface area contributed by atoms with Gasteiger partial charge in [-0.3, -0.25) is 4.79 Å². The van der Waals surface area contributed by atoms with Crippen molar-refractivity contribution in [2.45, 2.75) is 44.0 Å². The van der Waals surface area contributed by atoms with Crippen LogP contribution >= 0.6 is 0 Å². The molecule has 2 aromatic carbocycles. The molecule has 0 radical (unpaired) electrons. The van der Waals surface area contributed by atoms with Gasteiger partial charge in [0.05, 0.1) is 24.2 Å². The molecule has 2 saturated heterocycles. The molecule has 2 aliphatic heterocycles. The van der Waals surface area contributed by atoms with E-state index in [2.05, 4.69) is 22.3 Å². The number of aryl methyl sites for hydroxylation is 1. The van der Waals surface area contributed by atoms with Crippen LogP contribution in [0.4, 0.5) is 5.69 Å². The van der Waals surface area contributed by atoms with Gasteiger partial charge in [0.15, 0.2) is 0 Å². The van der Waals surface area contributed by atoms with Gasteiger partial charge >= 0.3 is 0 Å². The Labute approximate surface area is 196 Å². The van der Waals surface area contributed by atoms with Gasteiger partial charge in [0.25, 0.3) is 5.91 Å². The number of morpholine rings is 1. The molecule has 2 aliphatic rings. The molecule has 0 aromatic heterocycles. The first kappa shape index (κ1) is 23.7. The molecule has 0 saturated carbocycles. The normalized spacial score (nSPS) is 18.7. The summed E-state index contributed by atoms with van der Waals surface area (Å²) in [6, 6.07) is 12.9. The molecule has 1 atom stereocenters. The highest BCUT2D eigenvalue weighted by molar-refractivity contribution is 7.89. The van der Waals surface area contributed by atoms with Crippen LogP contribution in [0.5, 0.6) is 0 Å². The number of ether oxygens (including phenoxy) is 1. The lowest BCUT2D eigenvalue weighted by molar-refractivity contribution is 0.0939. The number of carbonyl (C=O) groups is 1. The molecule has 0 spiro atoms. The maximum atomic E-state index is 13.2. The summed E-state index contributed by atoms with van der Waals surface area (Å²) >= 11 is 0. The Kier molecular flexibility index (Phi) is 7.36. The van der Waals surface area contributed by atoms with Crippen molar-refractivity contribution in [2.24, 2.45) is 0 Å². The average Bonchev–Trinajstić information content (AvgIpc) is 2.85. The number of hydrogen-bond donors (Lipinski definition) is 1. The maximum Gasteiger partial charge on any atom is 0.251 e. The smallest absolute Gasteiger partial charge is 0.251 e. The Balaban J connectivity index is 1.46. The highest BCUT2D eigenvalue weighted by atomic mass is 32.2. The predicted molar refractivity (Wildman–Crippen MR) is 129 cm³/mol. The summed E-state index contributed by atoms with van der Waals surface area (Å²) in [4.78, 5) is 15.5. The highest BCUT2D eigenvalue weighted by Gasteiger charge is 2.28. The number of hydrogen-bond acceptors (Lipinski definition) is 5. The fourth-order valence-corrected chi connectivity index (χ4v) is 6.19. The van der Waals surface area contributed by atoms with E-state index in [1.54, 1.807) is 23.4 Å². The van der Waals surface area contributed by atoms with Crippen molar-refractivity contribution in [1.29, 1.82) is 0 Å². The van der Waals surface area contributed by atoms with Crippen LogP contribution in [-0.4, -0.2) is 58.0 Å². The SMILES string of the molecule is Cc1ccc(C(=O)NC(C)c2ccc(N3CCOCC3)cc2)cc1S(=O)(=O)N1CCCCC1. The number of amides is 1. The second kappa shape index (κ2) is 10.2. The number of nitrogens with one attached hydrogen (secondary N) is 1. The molecule has 178 valence electrons. The molecule has 0 aliphatic carbocycles. The number of rotatable bonds is 6. The molecule has 2 aromatic rings. The monoisotopic (exact) mass is 471 g/mol. The second-order valence-electron chi connectivity index (χ2n) is 8.83. The fraction of sp³-hybridized carbons (Fsp3) is 0.480. The maximum absolute atomic E-state index is 13.2. The van der Waals surface area contributed by atoms with Crippen LogP contribution in [0.15, 0.2) is 47.4 Å². The van der Waals surface area contributed by atoms with E-state index in [0.717, 1.165) is 56.8 Å². The van der Waals surface area contributed by atoms with Crippen LogP contribution in [0.25, 0.3) is 0 Å². The molecule has 2 heterocycles. The molecule has 4 rings (SSSR count). The van der Waals surface area contributed by atoms with Crippen molar-refractivity contribution < 1.29 is 17.9 Å². The number of nitrogens with zero attached hydrogens (tertiary/aromatic N) is 2. The Morgan fingerprint density at radius 1 is 0.970 bits per heavy atom. The largest absolute Gasteiger partial charge is 0.378 e. The van der Waals surface area contributed by atoms with Crippen molar-refractivity contribution in [2.75, 3.05) is 44.3 Å². The molecule has 1 amide bonds. The van der Waals surface area contributed by atoms with E-state index < -0.39 is 10.0 Å². The van der Waals surface area contributed by atoms with Gasteiger partial charge in [-0.1, -0.05) is 24.6 Å². The van der Waals surface area contributed by atoms with E-state index in [1.165, 1.54) is 6.07 Å². The number of benzene rings is 2. The molecule has 1 unspecified atom stereocenters. The number of anilines is 1. The molecule has 8 heteroatoms. The third kappa shape index (κ3) is 5.39. The molecule has 1 N–H and O–H groups in total. The Morgan fingerprint density at radius 2 is 1.64 bits per heavy atom. The van der Waals surface area contributed by atoms with E-state index in [-0.39, 0.29) is 16.8 Å². The summed E-state index contributed by atoms with van der Waals surface area (Å²) < 4.78 is 33.3. The second-order valence-corrected chi connectivity index (χ2v) is 10.7. The highest BCUT2D eigenvalue weighted by Crippen LogP contribution is 2.25. The van der Waals surface area contributed by atoms with E-state index in [0.29, 0.717) is 24.2 Å². The summed E-state index contributed by atoms with van der Waals surface area (Å²) in [5.74, 6) is -0.283. The Morgan fingerprint density at radius 3 is 2.30 bits per heavy atom. The van der Waals surface area contributed by atoms with Crippen molar-refractivity contribution in [3.05, 3.63) is 59.2 Å². The van der Waals surface area contributed by atoms with Gasteiger partial charge in [0, 0.05) is 37.4 Å². The molecule has 2 fully saturated rings. The lowest BCUT2D eigenvalue weighted by Gasteiger charge is -2.29. The summed E-state index contributed by atoms with van der Waals surface area (Å²) in [6.07, 6.45) is 2.80. The van der Waals surface area contributed by atoms with Gasteiger partial charge in [0.2, 0.25) is 10.0 Å². The van der Waals surface area contributed by atoms with Crippen molar-refractivity contribution in [3.8, 4) is 0 Å². The van der Waals surface area contributed by atoms with Crippen LogP contribution in [-0.2, 0) is 14.8 Å².